The van der Waals surface area contributed by atoms with Crippen molar-refractivity contribution >= 4 is 0 Å². The molecule has 1 heterocycles. The Hall–Kier alpha value is -1.65. The van der Waals surface area contributed by atoms with Gasteiger partial charge in [-0.1, -0.05) is 18.2 Å². The van der Waals surface area contributed by atoms with Gasteiger partial charge in [0.05, 0.1) is 12.8 Å². The number of benzene rings is 1. The zero-order chi connectivity index (χ0) is 13.0. The lowest BCUT2D eigenvalue weighted by Gasteiger charge is -2.16. The van der Waals surface area contributed by atoms with Crippen molar-refractivity contribution in [2.75, 3.05) is 7.05 Å². The molecule has 0 saturated heterocycles. The van der Waals surface area contributed by atoms with E-state index in [1.54, 1.807) is 18.4 Å². The van der Waals surface area contributed by atoms with Crippen LogP contribution in [0.3, 0.4) is 0 Å². The fraction of sp³-hybridized carbons (Fsp3) is 0.286. The lowest BCUT2D eigenvalue weighted by atomic mass is 10.2. The highest BCUT2D eigenvalue weighted by atomic mass is 19.1. The van der Waals surface area contributed by atoms with Crippen LogP contribution >= 0.6 is 0 Å². The number of halogens is 1. The lowest BCUT2D eigenvalue weighted by Crippen LogP contribution is -2.18. The van der Waals surface area contributed by atoms with Crippen LogP contribution in [-0.2, 0) is 19.6 Å². The van der Waals surface area contributed by atoms with E-state index in [-0.39, 0.29) is 5.82 Å². The van der Waals surface area contributed by atoms with Crippen LogP contribution in [0.25, 0.3) is 0 Å². The quantitative estimate of drug-likeness (QED) is 0.884. The minimum Gasteiger partial charge on any atom is -0.468 e. The lowest BCUT2D eigenvalue weighted by molar-refractivity contribution is 0.282. The first kappa shape index (κ1) is 12.8. The molecule has 2 N–H and O–H groups in total. The van der Waals surface area contributed by atoms with Crippen molar-refractivity contribution in [2.24, 2.45) is 5.73 Å². The van der Waals surface area contributed by atoms with Gasteiger partial charge in [0.1, 0.15) is 11.6 Å². The molecule has 0 unspecified atom stereocenters. The van der Waals surface area contributed by atoms with Crippen molar-refractivity contribution in [3.8, 4) is 0 Å². The van der Waals surface area contributed by atoms with Gasteiger partial charge in [0, 0.05) is 24.2 Å². The largest absolute Gasteiger partial charge is 0.468 e. The van der Waals surface area contributed by atoms with E-state index in [4.69, 9.17) is 10.2 Å². The zero-order valence-corrected chi connectivity index (χ0v) is 10.4. The molecule has 18 heavy (non-hydrogen) atoms. The van der Waals surface area contributed by atoms with Gasteiger partial charge < -0.3 is 10.2 Å². The average Bonchev–Trinajstić information content (AvgIpc) is 2.79. The molecule has 0 amide bonds. The summed E-state index contributed by atoms with van der Waals surface area (Å²) < 4.78 is 18.9. The third kappa shape index (κ3) is 2.97. The molecule has 2 aromatic rings. The molecule has 0 aliphatic heterocycles. The topological polar surface area (TPSA) is 42.4 Å². The van der Waals surface area contributed by atoms with Gasteiger partial charge in [0.15, 0.2) is 0 Å². The molecule has 0 radical (unpaired) electrons. The molecule has 0 bridgehead atoms. The van der Waals surface area contributed by atoms with Crippen molar-refractivity contribution in [1.29, 1.82) is 0 Å². The Morgan fingerprint density at radius 1 is 1.17 bits per heavy atom. The van der Waals surface area contributed by atoms with E-state index < -0.39 is 0 Å². The zero-order valence-electron chi connectivity index (χ0n) is 10.4. The SMILES string of the molecule is CN(Cc1ccccc1F)Cc1occc1CN. The van der Waals surface area contributed by atoms with Crippen LogP contribution in [0.2, 0.25) is 0 Å². The van der Waals surface area contributed by atoms with Crippen molar-refractivity contribution in [1.82, 2.24) is 4.90 Å². The molecule has 0 fully saturated rings. The van der Waals surface area contributed by atoms with E-state index in [2.05, 4.69) is 0 Å². The fourth-order valence-corrected chi connectivity index (χ4v) is 1.91. The highest BCUT2D eigenvalue weighted by Gasteiger charge is 2.10. The van der Waals surface area contributed by atoms with E-state index in [1.807, 2.05) is 24.1 Å². The molecule has 0 spiro atoms. The van der Waals surface area contributed by atoms with E-state index in [9.17, 15) is 4.39 Å². The number of furan rings is 1. The second kappa shape index (κ2) is 5.80. The van der Waals surface area contributed by atoms with Crippen molar-refractivity contribution in [3.05, 3.63) is 59.3 Å². The third-order valence-electron chi connectivity index (χ3n) is 2.87. The summed E-state index contributed by atoms with van der Waals surface area (Å²) in [6.45, 7) is 1.62. The molecule has 1 aromatic heterocycles. The second-order valence-electron chi connectivity index (χ2n) is 4.34. The van der Waals surface area contributed by atoms with Gasteiger partial charge in [0.2, 0.25) is 0 Å². The van der Waals surface area contributed by atoms with Crippen LogP contribution in [0.1, 0.15) is 16.9 Å². The van der Waals surface area contributed by atoms with Gasteiger partial charge in [-0.3, -0.25) is 4.90 Å². The summed E-state index contributed by atoms with van der Waals surface area (Å²) in [4.78, 5) is 2.00. The summed E-state index contributed by atoms with van der Waals surface area (Å²) in [6.07, 6.45) is 1.63. The second-order valence-corrected chi connectivity index (χ2v) is 4.34. The van der Waals surface area contributed by atoms with Gasteiger partial charge in [0.25, 0.3) is 0 Å². The van der Waals surface area contributed by atoms with Gasteiger partial charge >= 0.3 is 0 Å². The highest BCUT2D eigenvalue weighted by Crippen LogP contribution is 2.15. The maximum atomic E-state index is 13.5. The van der Waals surface area contributed by atoms with Crippen LogP contribution in [0.4, 0.5) is 4.39 Å². The molecular weight excluding hydrogens is 231 g/mol. The highest BCUT2D eigenvalue weighted by molar-refractivity contribution is 5.18. The Morgan fingerprint density at radius 2 is 1.94 bits per heavy atom. The predicted molar refractivity (Wildman–Crippen MR) is 68.2 cm³/mol. The van der Waals surface area contributed by atoms with E-state index in [1.165, 1.54) is 6.07 Å². The smallest absolute Gasteiger partial charge is 0.127 e. The van der Waals surface area contributed by atoms with Crippen LogP contribution in [-0.4, -0.2) is 11.9 Å². The number of nitrogens with zero attached hydrogens (tertiary/aromatic N) is 1. The summed E-state index contributed by atoms with van der Waals surface area (Å²) in [6, 6.07) is 8.66. The Bertz CT molecular complexity index is 510. The molecular formula is C14H17FN2O. The van der Waals surface area contributed by atoms with Gasteiger partial charge in [-0.25, -0.2) is 4.39 Å². The third-order valence-corrected chi connectivity index (χ3v) is 2.87. The first-order chi connectivity index (χ1) is 8.70. The van der Waals surface area contributed by atoms with Gasteiger partial charge in [-0.05, 0) is 19.2 Å². The molecule has 0 atom stereocenters. The number of hydrogen-bond acceptors (Lipinski definition) is 3. The van der Waals surface area contributed by atoms with Crippen LogP contribution < -0.4 is 5.73 Å². The molecule has 96 valence electrons. The standard InChI is InChI=1S/C14H17FN2O/c1-17(9-12-4-2-3-5-13(12)15)10-14-11(8-16)6-7-18-14/h2-7H,8-10,16H2,1H3. The first-order valence-corrected chi connectivity index (χ1v) is 5.88. The number of rotatable bonds is 5. The van der Waals surface area contributed by atoms with E-state index in [0.717, 1.165) is 11.3 Å². The molecule has 1 aromatic carbocycles. The molecule has 0 aliphatic carbocycles. The van der Waals surface area contributed by atoms with E-state index in [0.29, 0.717) is 25.2 Å². The molecule has 0 saturated carbocycles. The van der Waals surface area contributed by atoms with Crippen LogP contribution in [0.15, 0.2) is 41.0 Å². The van der Waals surface area contributed by atoms with Crippen molar-refractivity contribution < 1.29 is 8.81 Å². The molecule has 3 nitrogen and oxygen atoms in total. The summed E-state index contributed by atoms with van der Waals surface area (Å²) in [5.74, 6) is 0.666. The number of nitrogens with two attached hydrogens (primary N) is 1. The van der Waals surface area contributed by atoms with Crippen LogP contribution in [0.5, 0.6) is 0 Å². The summed E-state index contributed by atoms with van der Waals surface area (Å²) in [7, 11) is 1.93. The van der Waals surface area contributed by atoms with Gasteiger partial charge in [-0.15, -0.1) is 0 Å². The predicted octanol–water partition coefficient (Wildman–Crippen LogP) is 2.51. The Balaban J connectivity index is 2.01. The van der Waals surface area contributed by atoms with Crippen LogP contribution in [0, 0.1) is 5.82 Å². The first-order valence-electron chi connectivity index (χ1n) is 5.88. The fourth-order valence-electron chi connectivity index (χ4n) is 1.91. The number of hydrogen-bond donors (Lipinski definition) is 1. The molecule has 0 aliphatic rings. The van der Waals surface area contributed by atoms with E-state index >= 15 is 0 Å². The maximum Gasteiger partial charge on any atom is 0.127 e. The summed E-state index contributed by atoms with van der Waals surface area (Å²) >= 11 is 0. The Morgan fingerprint density at radius 3 is 2.67 bits per heavy atom. The molecule has 2 rings (SSSR count). The summed E-state index contributed by atoms with van der Waals surface area (Å²) in [5, 5.41) is 0. The minimum atomic E-state index is -0.178. The normalized spacial score (nSPS) is 11.1. The van der Waals surface area contributed by atoms with Crippen molar-refractivity contribution in [2.45, 2.75) is 19.6 Å². The average molecular weight is 248 g/mol. The Kier molecular flexibility index (Phi) is 4.12. The summed E-state index contributed by atoms with van der Waals surface area (Å²) in [5.41, 5.74) is 7.29. The monoisotopic (exact) mass is 248 g/mol. The molecule has 4 heteroatoms. The minimum absolute atomic E-state index is 0.178. The Labute approximate surface area is 106 Å². The van der Waals surface area contributed by atoms with Gasteiger partial charge in [-0.2, -0.15) is 0 Å². The maximum absolute atomic E-state index is 13.5. The van der Waals surface area contributed by atoms with Crippen molar-refractivity contribution in [3.63, 3.8) is 0 Å².